The van der Waals surface area contributed by atoms with Crippen LogP contribution in [0.1, 0.15) is 39.3 Å². The van der Waals surface area contributed by atoms with Gasteiger partial charge in [0.05, 0.1) is 6.33 Å². The first kappa shape index (κ1) is 11.2. The summed E-state index contributed by atoms with van der Waals surface area (Å²) < 4.78 is 0. The molecule has 0 unspecified atom stereocenters. The van der Waals surface area contributed by atoms with E-state index in [2.05, 4.69) is 36.1 Å². The summed E-state index contributed by atoms with van der Waals surface area (Å²) >= 11 is 0. The van der Waals surface area contributed by atoms with Crippen LogP contribution in [0.15, 0.2) is 12.5 Å². The summed E-state index contributed by atoms with van der Waals surface area (Å²) in [6.45, 7) is 8.81. The molecule has 0 spiro atoms. The lowest BCUT2D eigenvalue weighted by atomic mass is 9.91. The van der Waals surface area contributed by atoms with Gasteiger partial charge >= 0.3 is 0 Å². The molecule has 80 valence electrons. The van der Waals surface area contributed by atoms with Gasteiger partial charge in [-0.3, -0.25) is 0 Å². The molecule has 14 heavy (non-hydrogen) atoms. The Morgan fingerprint density at radius 3 is 2.79 bits per heavy atom. The van der Waals surface area contributed by atoms with E-state index in [0.29, 0.717) is 5.41 Å². The van der Waals surface area contributed by atoms with Crippen molar-refractivity contribution in [3.63, 3.8) is 0 Å². The highest BCUT2D eigenvalue weighted by Gasteiger charge is 2.08. The maximum Gasteiger partial charge on any atom is 0.0922 e. The smallest absolute Gasteiger partial charge is 0.0922 e. The molecule has 0 bridgehead atoms. The van der Waals surface area contributed by atoms with Crippen LogP contribution in [0, 0.1) is 5.41 Å². The monoisotopic (exact) mass is 195 g/mol. The largest absolute Gasteiger partial charge is 0.347 e. The molecule has 0 saturated carbocycles. The third-order valence-corrected chi connectivity index (χ3v) is 2.15. The maximum absolute atomic E-state index is 3.96. The van der Waals surface area contributed by atoms with Gasteiger partial charge in [0.1, 0.15) is 0 Å². The molecule has 0 fully saturated rings. The second-order valence-corrected chi connectivity index (χ2v) is 4.92. The van der Waals surface area contributed by atoms with E-state index in [0.717, 1.165) is 18.8 Å². The minimum atomic E-state index is 0.454. The lowest BCUT2D eigenvalue weighted by Gasteiger charge is -2.17. The summed E-state index contributed by atoms with van der Waals surface area (Å²) in [4.78, 5) is 7.04. The van der Waals surface area contributed by atoms with Gasteiger partial charge in [-0.1, -0.05) is 20.8 Å². The highest BCUT2D eigenvalue weighted by atomic mass is 14.9. The molecule has 0 atom stereocenters. The van der Waals surface area contributed by atoms with E-state index in [1.165, 1.54) is 12.8 Å². The first-order chi connectivity index (χ1) is 6.58. The minimum absolute atomic E-state index is 0.454. The lowest BCUT2D eigenvalue weighted by molar-refractivity contribution is 0.361. The lowest BCUT2D eigenvalue weighted by Crippen LogP contribution is -2.17. The van der Waals surface area contributed by atoms with Crippen LogP contribution in [-0.4, -0.2) is 16.5 Å². The Morgan fingerprint density at radius 1 is 1.43 bits per heavy atom. The van der Waals surface area contributed by atoms with Gasteiger partial charge in [-0.15, -0.1) is 0 Å². The number of nitrogens with one attached hydrogen (secondary N) is 2. The first-order valence-electron chi connectivity index (χ1n) is 5.26. The number of hydrogen-bond acceptors (Lipinski definition) is 2. The Morgan fingerprint density at radius 2 is 2.21 bits per heavy atom. The van der Waals surface area contributed by atoms with Crippen LogP contribution in [0.2, 0.25) is 0 Å². The molecule has 3 nitrogen and oxygen atoms in total. The average molecular weight is 195 g/mol. The highest BCUT2D eigenvalue weighted by Crippen LogP contribution is 2.19. The number of imidazole rings is 1. The van der Waals surface area contributed by atoms with E-state index in [-0.39, 0.29) is 0 Å². The predicted octanol–water partition coefficient (Wildman–Crippen LogP) is 2.33. The van der Waals surface area contributed by atoms with Crippen LogP contribution in [-0.2, 0) is 6.54 Å². The number of H-pyrrole nitrogens is 1. The molecule has 3 heteroatoms. The van der Waals surface area contributed by atoms with Crippen molar-refractivity contribution in [1.29, 1.82) is 0 Å². The molecule has 0 saturated heterocycles. The summed E-state index contributed by atoms with van der Waals surface area (Å²) in [6.07, 6.45) is 6.07. The quantitative estimate of drug-likeness (QED) is 0.708. The number of rotatable bonds is 5. The summed E-state index contributed by atoms with van der Waals surface area (Å²) in [7, 11) is 0. The SMILES string of the molecule is CC(C)(C)CCCNCc1cnc[nH]1. The zero-order chi connectivity index (χ0) is 10.4. The summed E-state index contributed by atoms with van der Waals surface area (Å²) in [5.74, 6) is 0. The summed E-state index contributed by atoms with van der Waals surface area (Å²) in [6, 6.07) is 0. The molecule has 0 aliphatic rings. The van der Waals surface area contributed by atoms with Gasteiger partial charge in [-0.25, -0.2) is 4.98 Å². The van der Waals surface area contributed by atoms with Gasteiger partial charge < -0.3 is 10.3 Å². The molecule has 1 aromatic heterocycles. The Hall–Kier alpha value is -0.830. The topological polar surface area (TPSA) is 40.7 Å². The number of nitrogens with zero attached hydrogens (tertiary/aromatic N) is 1. The van der Waals surface area contributed by atoms with E-state index in [1.54, 1.807) is 6.33 Å². The van der Waals surface area contributed by atoms with Gasteiger partial charge in [0, 0.05) is 18.4 Å². The molecule has 0 radical (unpaired) electrons. The minimum Gasteiger partial charge on any atom is -0.347 e. The van der Waals surface area contributed by atoms with Gasteiger partial charge in [-0.05, 0) is 24.8 Å². The Balaban J connectivity index is 2.00. The number of aromatic amines is 1. The van der Waals surface area contributed by atoms with E-state index in [9.17, 15) is 0 Å². The predicted molar refractivity (Wildman–Crippen MR) is 59.0 cm³/mol. The van der Waals surface area contributed by atoms with Crippen molar-refractivity contribution in [1.82, 2.24) is 15.3 Å². The van der Waals surface area contributed by atoms with Crippen LogP contribution in [0.4, 0.5) is 0 Å². The van der Waals surface area contributed by atoms with Gasteiger partial charge in [-0.2, -0.15) is 0 Å². The average Bonchev–Trinajstić information content (AvgIpc) is 2.54. The van der Waals surface area contributed by atoms with Crippen LogP contribution < -0.4 is 5.32 Å². The van der Waals surface area contributed by atoms with Crippen molar-refractivity contribution in [3.05, 3.63) is 18.2 Å². The van der Waals surface area contributed by atoms with Crippen LogP contribution in [0.25, 0.3) is 0 Å². The van der Waals surface area contributed by atoms with E-state index in [1.807, 2.05) is 6.20 Å². The fraction of sp³-hybridized carbons (Fsp3) is 0.727. The fourth-order valence-electron chi connectivity index (χ4n) is 1.35. The summed E-state index contributed by atoms with van der Waals surface area (Å²) in [5, 5.41) is 3.39. The fourth-order valence-corrected chi connectivity index (χ4v) is 1.35. The van der Waals surface area contributed by atoms with Gasteiger partial charge in [0.2, 0.25) is 0 Å². The molecule has 2 N–H and O–H groups in total. The van der Waals surface area contributed by atoms with E-state index < -0.39 is 0 Å². The van der Waals surface area contributed by atoms with E-state index >= 15 is 0 Å². The second kappa shape index (κ2) is 5.15. The Labute approximate surface area is 86.3 Å². The molecular weight excluding hydrogens is 174 g/mol. The van der Waals surface area contributed by atoms with Crippen molar-refractivity contribution in [3.8, 4) is 0 Å². The van der Waals surface area contributed by atoms with Crippen molar-refractivity contribution in [2.24, 2.45) is 5.41 Å². The molecule has 0 aromatic carbocycles. The zero-order valence-corrected chi connectivity index (χ0v) is 9.43. The van der Waals surface area contributed by atoms with Crippen LogP contribution in [0.5, 0.6) is 0 Å². The van der Waals surface area contributed by atoms with Gasteiger partial charge in [0.15, 0.2) is 0 Å². The van der Waals surface area contributed by atoms with Crippen molar-refractivity contribution < 1.29 is 0 Å². The standard InChI is InChI=1S/C11H21N3/c1-11(2,3)5-4-6-12-7-10-8-13-9-14-10/h8-9,12H,4-7H2,1-3H3,(H,13,14). The molecule has 1 rings (SSSR count). The van der Waals surface area contributed by atoms with E-state index in [4.69, 9.17) is 0 Å². The molecular formula is C11H21N3. The van der Waals surface area contributed by atoms with Gasteiger partial charge in [0.25, 0.3) is 0 Å². The molecule has 0 amide bonds. The molecule has 0 aliphatic heterocycles. The number of hydrogen-bond donors (Lipinski definition) is 2. The molecule has 1 aromatic rings. The normalized spacial score (nSPS) is 11.9. The Bertz CT molecular complexity index is 234. The van der Waals surface area contributed by atoms with Crippen molar-refractivity contribution >= 4 is 0 Å². The van der Waals surface area contributed by atoms with Crippen molar-refractivity contribution in [2.45, 2.75) is 40.2 Å². The van der Waals surface area contributed by atoms with Crippen LogP contribution in [0.3, 0.4) is 0 Å². The molecule has 0 aliphatic carbocycles. The van der Waals surface area contributed by atoms with Crippen LogP contribution >= 0.6 is 0 Å². The number of aromatic nitrogens is 2. The molecule has 1 heterocycles. The highest BCUT2D eigenvalue weighted by molar-refractivity contribution is 4.92. The third-order valence-electron chi connectivity index (χ3n) is 2.15. The summed E-state index contributed by atoms with van der Waals surface area (Å²) in [5.41, 5.74) is 1.61. The van der Waals surface area contributed by atoms with Crippen molar-refractivity contribution in [2.75, 3.05) is 6.54 Å². The zero-order valence-electron chi connectivity index (χ0n) is 9.43. The third kappa shape index (κ3) is 5.02. The first-order valence-corrected chi connectivity index (χ1v) is 5.26. The maximum atomic E-state index is 3.96. The second-order valence-electron chi connectivity index (χ2n) is 4.92. The Kier molecular flexibility index (Phi) is 4.14.